The first kappa shape index (κ1) is 29.2. The standard InChI is InChI=1S/C34H46N6O/c1-24-11-12-26-27(18-24)28(29(22-37(5)6)30-21-35-23-38(30)7)19-25-10-8-13-36-32(25)33(26)40-15-9-14-39(16-17-40)31(41)20-34(2,3)4/h8,10-13,18-19,21,23,29,33H,9,14-17,20,22H2,1-7H3. The van der Waals surface area contributed by atoms with Crippen LogP contribution in [0.5, 0.6) is 0 Å². The second-order valence-corrected chi connectivity index (χ2v) is 13.3. The Kier molecular flexibility index (Phi) is 8.48. The molecule has 0 radical (unpaired) electrons. The lowest BCUT2D eigenvalue weighted by Crippen LogP contribution is -2.38. The number of pyridine rings is 1. The Morgan fingerprint density at radius 2 is 1.93 bits per heavy atom. The molecule has 7 heteroatoms. The smallest absolute Gasteiger partial charge is 0.223 e. The molecule has 7 nitrogen and oxygen atoms in total. The van der Waals surface area contributed by atoms with E-state index >= 15 is 0 Å². The summed E-state index contributed by atoms with van der Waals surface area (Å²) in [4.78, 5) is 29.6. The molecule has 1 aromatic carbocycles. The van der Waals surface area contributed by atoms with Gasteiger partial charge in [-0.3, -0.25) is 14.7 Å². The van der Waals surface area contributed by atoms with Crippen LogP contribution in [-0.4, -0.2) is 82.0 Å². The number of aryl methyl sites for hydroxylation is 2. The highest BCUT2D eigenvalue weighted by Gasteiger charge is 2.35. The summed E-state index contributed by atoms with van der Waals surface area (Å²) in [6, 6.07) is 11.2. The minimum Gasteiger partial charge on any atom is -0.341 e. The monoisotopic (exact) mass is 554 g/mol. The number of hydrogen-bond donors (Lipinski definition) is 0. The summed E-state index contributed by atoms with van der Waals surface area (Å²) in [5.41, 5.74) is 8.57. The van der Waals surface area contributed by atoms with Crippen molar-refractivity contribution in [1.29, 1.82) is 0 Å². The molecule has 1 saturated heterocycles. The first-order valence-electron chi connectivity index (χ1n) is 14.9. The lowest BCUT2D eigenvalue weighted by atomic mass is 9.85. The summed E-state index contributed by atoms with van der Waals surface area (Å²) >= 11 is 0. The van der Waals surface area contributed by atoms with Gasteiger partial charge in [0.15, 0.2) is 0 Å². The van der Waals surface area contributed by atoms with E-state index in [1.54, 1.807) is 0 Å². The fourth-order valence-corrected chi connectivity index (χ4v) is 6.42. The number of benzene rings is 1. The maximum atomic E-state index is 13.2. The highest BCUT2D eigenvalue weighted by atomic mass is 16.2. The average Bonchev–Trinajstić information content (AvgIpc) is 3.11. The number of hydrogen-bond acceptors (Lipinski definition) is 5. The van der Waals surface area contributed by atoms with Crippen LogP contribution in [0.1, 0.15) is 79.2 Å². The molecule has 2 aromatic heterocycles. The topological polar surface area (TPSA) is 57.5 Å². The van der Waals surface area contributed by atoms with Gasteiger partial charge in [0.1, 0.15) is 0 Å². The largest absolute Gasteiger partial charge is 0.341 e. The number of likely N-dealkylation sites (N-methyl/N-ethyl adjacent to an activating group) is 1. The van der Waals surface area contributed by atoms with E-state index in [0.29, 0.717) is 6.42 Å². The van der Waals surface area contributed by atoms with Gasteiger partial charge in [0.25, 0.3) is 0 Å². The Morgan fingerprint density at radius 1 is 1.12 bits per heavy atom. The number of nitrogens with zero attached hydrogens (tertiary/aromatic N) is 6. The molecule has 5 rings (SSSR count). The molecule has 2 unspecified atom stereocenters. The predicted octanol–water partition coefficient (Wildman–Crippen LogP) is 5.38. The van der Waals surface area contributed by atoms with Crippen LogP contribution >= 0.6 is 0 Å². The molecule has 1 amide bonds. The molecule has 0 saturated carbocycles. The van der Waals surface area contributed by atoms with Crippen molar-refractivity contribution in [2.24, 2.45) is 12.5 Å². The zero-order chi connectivity index (χ0) is 29.3. The molecule has 3 aromatic rings. The van der Waals surface area contributed by atoms with Gasteiger partial charge < -0.3 is 14.4 Å². The number of carbonyl (C=O) groups is 1. The van der Waals surface area contributed by atoms with Crippen LogP contribution in [0.15, 0.2) is 49.1 Å². The summed E-state index contributed by atoms with van der Waals surface area (Å²) < 4.78 is 2.15. The van der Waals surface area contributed by atoms with Crippen LogP contribution in [0.25, 0.3) is 11.6 Å². The third-order valence-electron chi connectivity index (χ3n) is 8.32. The fourth-order valence-electron chi connectivity index (χ4n) is 6.42. The van der Waals surface area contributed by atoms with Crippen molar-refractivity contribution < 1.29 is 4.79 Å². The van der Waals surface area contributed by atoms with Crippen LogP contribution < -0.4 is 0 Å². The molecule has 2 atom stereocenters. The second-order valence-electron chi connectivity index (χ2n) is 13.3. The lowest BCUT2D eigenvalue weighted by Gasteiger charge is -2.33. The molecular weight excluding hydrogens is 508 g/mol. The van der Waals surface area contributed by atoms with Crippen molar-refractivity contribution in [2.75, 3.05) is 46.8 Å². The van der Waals surface area contributed by atoms with Crippen LogP contribution in [0.2, 0.25) is 0 Å². The number of carbonyl (C=O) groups excluding carboxylic acids is 1. The van der Waals surface area contributed by atoms with Gasteiger partial charge in [-0.2, -0.15) is 0 Å². The normalized spacial score (nSPS) is 18.8. The highest BCUT2D eigenvalue weighted by Crippen LogP contribution is 2.44. The molecular formula is C34H46N6O. The third-order valence-corrected chi connectivity index (χ3v) is 8.32. The van der Waals surface area contributed by atoms with Crippen molar-refractivity contribution in [2.45, 2.75) is 52.5 Å². The van der Waals surface area contributed by atoms with Crippen molar-refractivity contribution in [3.05, 3.63) is 82.7 Å². The van der Waals surface area contributed by atoms with Gasteiger partial charge in [-0.05, 0) is 67.3 Å². The molecule has 1 aliphatic carbocycles. The molecule has 218 valence electrons. The van der Waals surface area contributed by atoms with Crippen LogP contribution in [0, 0.1) is 12.3 Å². The summed E-state index contributed by atoms with van der Waals surface area (Å²) in [7, 11) is 6.36. The van der Waals surface area contributed by atoms with Gasteiger partial charge >= 0.3 is 0 Å². The van der Waals surface area contributed by atoms with Gasteiger partial charge in [0, 0.05) is 70.2 Å². The molecule has 0 N–H and O–H groups in total. The molecule has 0 bridgehead atoms. The van der Waals surface area contributed by atoms with Crippen molar-refractivity contribution in [3.8, 4) is 0 Å². The zero-order valence-corrected chi connectivity index (χ0v) is 25.9. The fraction of sp³-hybridized carbons (Fsp3) is 0.500. The third kappa shape index (κ3) is 6.47. The van der Waals surface area contributed by atoms with Gasteiger partial charge in [0.05, 0.1) is 18.1 Å². The van der Waals surface area contributed by atoms with Crippen molar-refractivity contribution in [3.63, 3.8) is 0 Å². The summed E-state index contributed by atoms with van der Waals surface area (Å²) in [5.74, 6) is 0.404. The first-order chi connectivity index (χ1) is 19.5. The minimum absolute atomic E-state index is 0.0109. The Labute approximate surface area is 245 Å². The number of amides is 1. The molecule has 41 heavy (non-hydrogen) atoms. The highest BCUT2D eigenvalue weighted by molar-refractivity contribution is 5.89. The summed E-state index contributed by atoms with van der Waals surface area (Å²) in [6.07, 6.45) is 9.74. The first-order valence-corrected chi connectivity index (χ1v) is 14.9. The lowest BCUT2D eigenvalue weighted by molar-refractivity contribution is -0.132. The van der Waals surface area contributed by atoms with Crippen LogP contribution in [0.4, 0.5) is 0 Å². The summed E-state index contributed by atoms with van der Waals surface area (Å²) in [5, 5.41) is 0. The zero-order valence-electron chi connectivity index (χ0n) is 25.9. The van der Waals surface area contributed by atoms with Gasteiger partial charge in [0.2, 0.25) is 5.91 Å². The van der Waals surface area contributed by atoms with E-state index in [9.17, 15) is 4.79 Å². The van der Waals surface area contributed by atoms with Gasteiger partial charge in [-0.25, -0.2) is 4.98 Å². The van der Waals surface area contributed by atoms with E-state index in [2.05, 4.69) is 103 Å². The Bertz CT molecular complexity index is 1410. The van der Waals surface area contributed by atoms with E-state index in [-0.39, 0.29) is 23.3 Å². The number of rotatable bonds is 6. The van der Waals surface area contributed by atoms with Crippen LogP contribution in [-0.2, 0) is 11.8 Å². The molecule has 0 spiro atoms. The van der Waals surface area contributed by atoms with Crippen molar-refractivity contribution in [1.82, 2.24) is 29.2 Å². The minimum atomic E-state index is -0.0109. The van der Waals surface area contributed by atoms with E-state index in [4.69, 9.17) is 4.98 Å². The molecule has 1 aliphatic heterocycles. The quantitative estimate of drug-likeness (QED) is 0.409. The Hall–Kier alpha value is -3.29. The second kappa shape index (κ2) is 11.9. The maximum absolute atomic E-state index is 13.2. The average molecular weight is 555 g/mol. The predicted molar refractivity (Wildman–Crippen MR) is 166 cm³/mol. The molecule has 1 fully saturated rings. The Morgan fingerprint density at radius 3 is 2.63 bits per heavy atom. The van der Waals surface area contributed by atoms with E-state index in [0.717, 1.165) is 50.4 Å². The Balaban J connectivity index is 1.59. The van der Waals surface area contributed by atoms with Crippen molar-refractivity contribution >= 4 is 17.6 Å². The van der Waals surface area contributed by atoms with E-state index in [1.807, 2.05) is 24.8 Å². The number of fused-ring (bicyclic) bond motifs is 2. The number of aromatic nitrogens is 3. The maximum Gasteiger partial charge on any atom is 0.223 e. The van der Waals surface area contributed by atoms with E-state index in [1.165, 1.54) is 28.0 Å². The van der Waals surface area contributed by atoms with Gasteiger partial charge in [-0.1, -0.05) is 50.6 Å². The molecule has 3 heterocycles. The van der Waals surface area contributed by atoms with E-state index < -0.39 is 0 Å². The SMILES string of the molecule is Cc1ccc2c(c1)C(C(CN(C)C)c1cncn1C)=Cc1cccnc1C2N1CCCN(C(=O)CC(C)(C)C)CC1. The van der Waals surface area contributed by atoms with Gasteiger partial charge in [-0.15, -0.1) is 0 Å². The van der Waals surface area contributed by atoms with Crippen LogP contribution in [0.3, 0.4) is 0 Å². The summed E-state index contributed by atoms with van der Waals surface area (Å²) in [6.45, 7) is 12.8. The number of imidazole rings is 1. The molecule has 2 aliphatic rings.